The minimum Gasteiger partial charge on any atom is -0.468 e. The molecule has 0 aromatic carbocycles. The van der Waals surface area contributed by atoms with Gasteiger partial charge in [-0.3, -0.25) is 4.79 Å². The molecule has 4 nitrogen and oxygen atoms in total. The summed E-state index contributed by atoms with van der Waals surface area (Å²) in [7, 11) is 1.40. The van der Waals surface area contributed by atoms with E-state index in [0.29, 0.717) is 12.5 Å². The highest BCUT2D eigenvalue weighted by Crippen LogP contribution is 2.31. The number of hydrogen-bond donors (Lipinski definition) is 2. The van der Waals surface area contributed by atoms with E-state index in [1.807, 2.05) is 13.8 Å². The van der Waals surface area contributed by atoms with Crippen LogP contribution in [0.4, 0.5) is 0 Å². The van der Waals surface area contributed by atoms with Gasteiger partial charge in [0.1, 0.15) is 6.04 Å². The highest BCUT2D eigenvalue weighted by molar-refractivity contribution is 5.75. The second-order valence-electron chi connectivity index (χ2n) is 6.03. The van der Waals surface area contributed by atoms with Crippen molar-refractivity contribution >= 4 is 5.97 Å². The standard InChI is InChI=1S/C14H27NO3/c1-10(2)12(13(16)18-4)15-9-14(17)7-5-11(3)6-8-14/h10-12,15,17H,5-9H2,1-4H3/t11?,12-,14?/m0/s1. The first-order chi connectivity index (χ1) is 8.38. The molecular weight excluding hydrogens is 230 g/mol. The molecule has 0 radical (unpaired) electrons. The maximum Gasteiger partial charge on any atom is 0.323 e. The van der Waals surface area contributed by atoms with Crippen molar-refractivity contribution in [3.8, 4) is 0 Å². The van der Waals surface area contributed by atoms with E-state index in [9.17, 15) is 9.90 Å². The molecule has 1 aliphatic carbocycles. The van der Waals surface area contributed by atoms with Crippen molar-refractivity contribution in [2.45, 2.75) is 58.1 Å². The number of aliphatic hydroxyl groups is 1. The van der Waals surface area contributed by atoms with Crippen LogP contribution in [-0.2, 0) is 9.53 Å². The molecule has 1 fully saturated rings. The van der Waals surface area contributed by atoms with Crippen molar-refractivity contribution in [1.29, 1.82) is 0 Å². The summed E-state index contributed by atoms with van der Waals surface area (Å²) in [6.07, 6.45) is 3.74. The Bertz CT molecular complexity index is 270. The summed E-state index contributed by atoms with van der Waals surface area (Å²) < 4.78 is 4.78. The van der Waals surface area contributed by atoms with E-state index in [-0.39, 0.29) is 17.9 Å². The Labute approximate surface area is 110 Å². The lowest BCUT2D eigenvalue weighted by atomic mass is 9.79. The third-order valence-corrected chi connectivity index (χ3v) is 3.98. The maximum absolute atomic E-state index is 11.6. The fraction of sp³-hybridized carbons (Fsp3) is 0.929. The SMILES string of the molecule is COC(=O)[C@@H](NCC1(O)CCC(C)CC1)C(C)C. The van der Waals surface area contributed by atoms with E-state index in [1.165, 1.54) is 7.11 Å². The van der Waals surface area contributed by atoms with Gasteiger partial charge in [-0.2, -0.15) is 0 Å². The van der Waals surface area contributed by atoms with E-state index in [2.05, 4.69) is 12.2 Å². The summed E-state index contributed by atoms with van der Waals surface area (Å²) in [6.45, 7) is 6.64. The molecule has 1 rings (SSSR count). The van der Waals surface area contributed by atoms with E-state index in [1.54, 1.807) is 0 Å². The van der Waals surface area contributed by atoms with Gasteiger partial charge in [0.25, 0.3) is 0 Å². The van der Waals surface area contributed by atoms with Crippen LogP contribution in [0, 0.1) is 11.8 Å². The highest BCUT2D eigenvalue weighted by atomic mass is 16.5. The average Bonchev–Trinajstić information content (AvgIpc) is 2.33. The lowest BCUT2D eigenvalue weighted by molar-refractivity contribution is -0.144. The van der Waals surface area contributed by atoms with Gasteiger partial charge in [0.15, 0.2) is 0 Å². The van der Waals surface area contributed by atoms with Gasteiger partial charge in [0.2, 0.25) is 0 Å². The van der Waals surface area contributed by atoms with Crippen LogP contribution >= 0.6 is 0 Å². The van der Waals surface area contributed by atoms with E-state index in [4.69, 9.17) is 4.74 Å². The monoisotopic (exact) mass is 257 g/mol. The number of carbonyl (C=O) groups excluding carboxylic acids is 1. The van der Waals surface area contributed by atoms with Gasteiger partial charge < -0.3 is 15.2 Å². The first kappa shape index (κ1) is 15.4. The number of methoxy groups -OCH3 is 1. The summed E-state index contributed by atoms with van der Waals surface area (Å²) in [5, 5.41) is 13.6. The normalized spacial score (nSPS) is 30.2. The fourth-order valence-corrected chi connectivity index (χ4v) is 2.49. The van der Waals surface area contributed by atoms with Gasteiger partial charge in [-0.05, 0) is 37.5 Å². The van der Waals surface area contributed by atoms with Gasteiger partial charge in [0, 0.05) is 6.54 Å². The van der Waals surface area contributed by atoms with Crippen LogP contribution in [-0.4, -0.2) is 36.4 Å². The van der Waals surface area contributed by atoms with Gasteiger partial charge in [0.05, 0.1) is 12.7 Å². The van der Waals surface area contributed by atoms with Crippen LogP contribution in [0.2, 0.25) is 0 Å². The largest absolute Gasteiger partial charge is 0.468 e. The topological polar surface area (TPSA) is 58.6 Å². The van der Waals surface area contributed by atoms with Crippen molar-refractivity contribution < 1.29 is 14.6 Å². The molecule has 0 aromatic rings. The quantitative estimate of drug-likeness (QED) is 0.736. The average molecular weight is 257 g/mol. The molecule has 1 saturated carbocycles. The zero-order chi connectivity index (χ0) is 13.8. The Morgan fingerprint density at radius 3 is 2.44 bits per heavy atom. The molecule has 2 N–H and O–H groups in total. The Morgan fingerprint density at radius 2 is 2.00 bits per heavy atom. The first-order valence-corrected chi connectivity index (χ1v) is 6.91. The van der Waals surface area contributed by atoms with Crippen molar-refractivity contribution in [3.63, 3.8) is 0 Å². The molecule has 0 spiro atoms. The lowest BCUT2D eigenvalue weighted by Gasteiger charge is -2.36. The molecule has 0 heterocycles. The number of nitrogens with one attached hydrogen (secondary N) is 1. The van der Waals surface area contributed by atoms with Crippen LogP contribution in [0.25, 0.3) is 0 Å². The summed E-state index contributed by atoms with van der Waals surface area (Å²) in [5.74, 6) is 0.605. The van der Waals surface area contributed by atoms with E-state index >= 15 is 0 Å². The smallest absolute Gasteiger partial charge is 0.323 e. The summed E-state index contributed by atoms with van der Waals surface area (Å²) in [5.41, 5.74) is -0.659. The third-order valence-electron chi connectivity index (χ3n) is 3.98. The minimum absolute atomic E-state index is 0.156. The zero-order valence-corrected chi connectivity index (χ0v) is 12.0. The van der Waals surface area contributed by atoms with Crippen molar-refractivity contribution in [1.82, 2.24) is 5.32 Å². The van der Waals surface area contributed by atoms with Gasteiger partial charge in [-0.1, -0.05) is 20.8 Å². The molecule has 0 aromatic heterocycles. The van der Waals surface area contributed by atoms with E-state index in [0.717, 1.165) is 25.7 Å². The molecule has 106 valence electrons. The van der Waals surface area contributed by atoms with Crippen LogP contribution in [0.3, 0.4) is 0 Å². The first-order valence-electron chi connectivity index (χ1n) is 6.91. The molecule has 4 heteroatoms. The van der Waals surface area contributed by atoms with Gasteiger partial charge in [-0.25, -0.2) is 0 Å². The van der Waals surface area contributed by atoms with Crippen LogP contribution in [0.1, 0.15) is 46.5 Å². The zero-order valence-electron chi connectivity index (χ0n) is 12.0. The van der Waals surface area contributed by atoms with Gasteiger partial charge >= 0.3 is 5.97 Å². The van der Waals surface area contributed by atoms with Crippen LogP contribution < -0.4 is 5.32 Å². The Hall–Kier alpha value is -0.610. The number of rotatable bonds is 5. The van der Waals surface area contributed by atoms with Crippen molar-refractivity contribution in [3.05, 3.63) is 0 Å². The molecule has 0 unspecified atom stereocenters. The molecule has 0 saturated heterocycles. The third kappa shape index (κ3) is 4.25. The highest BCUT2D eigenvalue weighted by Gasteiger charge is 2.33. The maximum atomic E-state index is 11.6. The minimum atomic E-state index is -0.659. The number of esters is 1. The Balaban J connectivity index is 2.49. The van der Waals surface area contributed by atoms with Crippen LogP contribution in [0.15, 0.2) is 0 Å². The lowest BCUT2D eigenvalue weighted by Crippen LogP contribution is -2.50. The Kier molecular flexibility index (Phi) is 5.60. The van der Waals surface area contributed by atoms with Crippen LogP contribution in [0.5, 0.6) is 0 Å². The molecule has 0 aliphatic heterocycles. The predicted molar refractivity (Wildman–Crippen MR) is 71.2 cm³/mol. The molecule has 1 atom stereocenters. The molecule has 18 heavy (non-hydrogen) atoms. The molecule has 0 amide bonds. The Morgan fingerprint density at radius 1 is 1.44 bits per heavy atom. The van der Waals surface area contributed by atoms with Crippen molar-refractivity contribution in [2.75, 3.05) is 13.7 Å². The molecular formula is C14H27NO3. The van der Waals surface area contributed by atoms with Crippen molar-refractivity contribution in [2.24, 2.45) is 11.8 Å². The number of ether oxygens (including phenoxy) is 1. The van der Waals surface area contributed by atoms with E-state index < -0.39 is 5.60 Å². The second-order valence-corrected chi connectivity index (χ2v) is 6.03. The summed E-state index contributed by atoms with van der Waals surface area (Å²) in [6, 6.07) is -0.335. The molecule has 1 aliphatic rings. The number of carbonyl (C=O) groups is 1. The van der Waals surface area contributed by atoms with Gasteiger partial charge in [-0.15, -0.1) is 0 Å². The predicted octanol–water partition coefficient (Wildman–Crippen LogP) is 1.71. The summed E-state index contributed by atoms with van der Waals surface area (Å²) >= 11 is 0. The molecule has 0 bridgehead atoms. The second kappa shape index (κ2) is 6.53. The number of hydrogen-bond acceptors (Lipinski definition) is 4. The summed E-state index contributed by atoms with van der Waals surface area (Å²) in [4.78, 5) is 11.6. The fourth-order valence-electron chi connectivity index (χ4n) is 2.49.